The van der Waals surface area contributed by atoms with E-state index in [0.29, 0.717) is 5.56 Å². The Hall–Kier alpha value is -1.98. The lowest BCUT2D eigenvalue weighted by atomic mass is 10.1. The molecule has 0 aliphatic rings. The first-order chi connectivity index (χ1) is 8.35. The van der Waals surface area contributed by atoms with E-state index in [4.69, 9.17) is 0 Å². The first-order valence-corrected chi connectivity index (χ1v) is 4.93. The minimum atomic E-state index is -4.76. The van der Waals surface area contributed by atoms with Crippen molar-refractivity contribution >= 4 is 12.0 Å². The second kappa shape index (κ2) is 5.57. The summed E-state index contributed by atoms with van der Waals surface area (Å²) in [6.07, 6.45) is -3.56. The van der Waals surface area contributed by atoms with Gasteiger partial charge in [-0.3, -0.25) is 4.79 Å². The van der Waals surface area contributed by atoms with E-state index in [0.717, 1.165) is 6.07 Å². The number of hydrogen-bond acceptors (Lipinski definition) is 3. The molecule has 1 aromatic rings. The summed E-state index contributed by atoms with van der Waals surface area (Å²) in [7, 11) is 1.23. The van der Waals surface area contributed by atoms with Gasteiger partial charge < -0.3 is 9.47 Å². The van der Waals surface area contributed by atoms with E-state index in [2.05, 4.69) is 16.1 Å². The lowest BCUT2D eigenvalue weighted by Crippen LogP contribution is -2.17. The van der Waals surface area contributed by atoms with Crippen molar-refractivity contribution < 1.29 is 27.4 Å². The molecule has 0 aromatic heterocycles. The van der Waals surface area contributed by atoms with Gasteiger partial charge in [0.1, 0.15) is 5.75 Å². The molecule has 0 amide bonds. The van der Waals surface area contributed by atoms with Crippen LogP contribution in [-0.4, -0.2) is 19.4 Å². The van der Waals surface area contributed by atoms with E-state index in [1.54, 1.807) is 0 Å². The highest BCUT2D eigenvalue weighted by Crippen LogP contribution is 2.28. The maximum Gasteiger partial charge on any atom is 0.573 e. The number of hydrogen-bond donors (Lipinski definition) is 0. The van der Waals surface area contributed by atoms with Crippen LogP contribution in [0.4, 0.5) is 13.2 Å². The molecular formula is C12H11F3O3. The van der Waals surface area contributed by atoms with Gasteiger partial charge in [0.2, 0.25) is 0 Å². The van der Waals surface area contributed by atoms with E-state index in [1.165, 1.54) is 25.3 Å². The van der Waals surface area contributed by atoms with Gasteiger partial charge in [0.25, 0.3) is 0 Å². The lowest BCUT2D eigenvalue weighted by molar-refractivity contribution is -0.274. The minimum Gasteiger partial charge on any atom is -0.469 e. The topological polar surface area (TPSA) is 35.5 Å². The van der Waals surface area contributed by atoms with Crippen LogP contribution in [0.15, 0.2) is 24.8 Å². The summed E-state index contributed by atoms with van der Waals surface area (Å²) in [4.78, 5) is 11.0. The fourth-order valence-electron chi connectivity index (χ4n) is 1.32. The molecule has 3 nitrogen and oxygen atoms in total. The first-order valence-electron chi connectivity index (χ1n) is 4.93. The Bertz CT molecular complexity index is 452. The molecule has 18 heavy (non-hydrogen) atoms. The summed E-state index contributed by atoms with van der Waals surface area (Å²) in [5, 5.41) is 0. The van der Waals surface area contributed by atoms with E-state index in [-0.39, 0.29) is 17.7 Å². The Morgan fingerprint density at radius 1 is 1.44 bits per heavy atom. The second-order valence-corrected chi connectivity index (χ2v) is 3.38. The van der Waals surface area contributed by atoms with E-state index in [1.807, 2.05) is 0 Å². The van der Waals surface area contributed by atoms with Crippen LogP contribution in [0.5, 0.6) is 5.75 Å². The predicted octanol–water partition coefficient (Wildman–Crippen LogP) is 2.94. The molecule has 1 aromatic carbocycles. The monoisotopic (exact) mass is 260 g/mol. The average Bonchev–Trinajstić information content (AvgIpc) is 2.29. The van der Waals surface area contributed by atoms with Crippen molar-refractivity contribution in [1.29, 1.82) is 0 Å². The van der Waals surface area contributed by atoms with Gasteiger partial charge in [-0.05, 0) is 17.7 Å². The summed E-state index contributed by atoms with van der Waals surface area (Å²) in [6.45, 7) is 3.40. The number of ether oxygens (including phenoxy) is 2. The highest BCUT2D eigenvalue weighted by atomic mass is 19.4. The molecule has 0 N–H and O–H groups in total. The third-order valence-electron chi connectivity index (χ3n) is 2.10. The fourth-order valence-corrected chi connectivity index (χ4v) is 1.32. The van der Waals surface area contributed by atoms with Gasteiger partial charge in [0.05, 0.1) is 13.5 Å². The molecule has 0 unspecified atom stereocenters. The van der Waals surface area contributed by atoms with E-state index in [9.17, 15) is 18.0 Å². The van der Waals surface area contributed by atoms with Crippen molar-refractivity contribution in [2.24, 2.45) is 0 Å². The second-order valence-electron chi connectivity index (χ2n) is 3.38. The van der Waals surface area contributed by atoms with Gasteiger partial charge in [-0.15, -0.1) is 13.2 Å². The van der Waals surface area contributed by atoms with Gasteiger partial charge in [-0.25, -0.2) is 0 Å². The molecule has 98 valence electrons. The zero-order chi connectivity index (χ0) is 13.8. The molecule has 0 saturated carbocycles. The number of alkyl halides is 3. The van der Waals surface area contributed by atoms with Crippen LogP contribution in [0.2, 0.25) is 0 Å². The number of esters is 1. The maximum atomic E-state index is 12.1. The largest absolute Gasteiger partial charge is 0.573 e. The van der Waals surface area contributed by atoms with Crippen LogP contribution in [0.3, 0.4) is 0 Å². The molecule has 0 radical (unpaired) electrons. The summed E-state index contributed by atoms with van der Waals surface area (Å²) < 4.78 is 44.6. The molecule has 0 fully saturated rings. The maximum absolute atomic E-state index is 12.1. The summed E-state index contributed by atoms with van der Waals surface area (Å²) in [5.41, 5.74) is 0.681. The lowest BCUT2D eigenvalue weighted by Gasteiger charge is -2.12. The van der Waals surface area contributed by atoms with Crippen LogP contribution >= 0.6 is 0 Å². The molecule has 0 saturated heterocycles. The zero-order valence-corrected chi connectivity index (χ0v) is 9.58. The van der Waals surface area contributed by atoms with Gasteiger partial charge in [-0.1, -0.05) is 18.7 Å². The minimum absolute atomic E-state index is 0.0242. The van der Waals surface area contributed by atoms with E-state index < -0.39 is 12.3 Å². The van der Waals surface area contributed by atoms with Crippen LogP contribution in [-0.2, 0) is 16.0 Å². The SMILES string of the molecule is C=Cc1cc(CC(=O)OC)ccc1OC(F)(F)F. The Labute approximate surface area is 102 Å². The van der Waals surface area contributed by atoms with Gasteiger partial charge >= 0.3 is 12.3 Å². The van der Waals surface area contributed by atoms with Crippen LogP contribution in [0.25, 0.3) is 6.08 Å². The van der Waals surface area contributed by atoms with Gasteiger partial charge in [-0.2, -0.15) is 0 Å². The Kier molecular flexibility index (Phi) is 4.36. The first kappa shape index (κ1) is 14.1. The molecule has 6 heteroatoms. The number of carbonyl (C=O) groups is 1. The third kappa shape index (κ3) is 4.12. The normalized spacial score (nSPS) is 10.9. The van der Waals surface area contributed by atoms with Gasteiger partial charge in [0, 0.05) is 5.56 Å². The Morgan fingerprint density at radius 2 is 2.11 bits per heavy atom. The fraction of sp³-hybridized carbons (Fsp3) is 0.250. The van der Waals surface area contributed by atoms with Crippen molar-refractivity contribution in [2.45, 2.75) is 12.8 Å². The molecule has 0 aliphatic carbocycles. The smallest absolute Gasteiger partial charge is 0.469 e. The standard InChI is InChI=1S/C12H11F3O3/c1-3-9-6-8(7-11(16)17-2)4-5-10(9)18-12(13,14)15/h3-6H,1,7H2,2H3. The van der Waals surface area contributed by atoms with Crippen molar-refractivity contribution in [3.8, 4) is 5.75 Å². The summed E-state index contributed by atoms with van der Waals surface area (Å²) in [6, 6.07) is 3.90. The summed E-state index contributed by atoms with van der Waals surface area (Å²) in [5.74, 6) is -0.833. The number of benzene rings is 1. The molecular weight excluding hydrogens is 249 g/mol. The Balaban J connectivity index is 2.96. The number of halogens is 3. The average molecular weight is 260 g/mol. The molecule has 0 bridgehead atoms. The van der Waals surface area contributed by atoms with Gasteiger partial charge in [0.15, 0.2) is 0 Å². The predicted molar refractivity (Wildman–Crippen MR) is 58.9 cm³/mol. The quantitative estimate of drug-likeness (QED) is 0.781. The Morgan fingerprint density at radius 3 is 2.61 bits per heavy atom. The number of rotatable bonds is 4. The highest BCUT2D eigenvalue weighted by Gasteiger charge is 2.31. The number of methoxy groups -OCH3 is 1. The highest BCUT2D eigenvalue weighted by molar-refractivity contribution is 5.73. The molecule has 0 spiro atoms. The van der Waals surface area contributed by atoms with Crippen molar-refractivity contribution in [3.63, 3.8) is 0 Å². The van der Waals surface area contributed by atoms with E-state index >= 15 is 0 Å². The molecule has 0 atom stereocenters. The third-order valence-corrected chi connectivity index (χ3v) is 2.10. The zero-order valence-electron chi connectivity index (χ0n) is 9.58. The number of carbonyl (C=O) groups excluding carboxylic acids is 1. The van der Waals surface area contributed by atoms with Crippen LogP contribution in [0, 0.1) is 0 Å². The molecule has 0 aliphatic heterocycles. The molecule has 0 heterocycles. The van der Waals surface area contributed by atoms with Crippen molar-refractivity contribution in [1.82, 2.24) is 0 Å². The summed E-state index contributed by atoms with van der Waals surface area (Å²) >= 11 is 0. The van der Waals surface area contributed by atoms with Crippen molar-refractivity contribution in [2.75, 3.05) is 7.11 Å². The molecule has 1 rings (SSSR count). The van der Waals surface area contributed by atoms with Crippen LogP contribution in [0.1, 0.15) is 11.1 Å². The van der Waals surface area contributed by atoms with Crippen LogP contribution < -0.4 is 4.74 Å². The van der Waals surface area contributed by atoms with Crippen molar-refractivity contribution in [3.05, 3.63) is 35.9 Å².